The van der Waals surface area contributed by atoms with Crippen LogP contribution < -0.4 is 10.6 Å². The van der Waals surface area contributed by atoms with E-state index in [2.05, 4.69) is 34.8 Å². The van der Waals surface area contributed by atoms with Crippen LogP contribution in [-0.4, -0.2) is 37.3 Å². The highest BCUT2D eigenvalue weighted by atomic mass is 16.3. The minimum Gasteiger partial charge on any atom is -0.311 e. The second-order valence-electron chi connectivity index (χ2n) is 6.42. The van der Waals surface area contributed by atoms with E-state index in [1.54, 1.807) is 6.92 Å². The van der Waals surface area contributed by atoms with Crippen LogP contribution in [0.1, 0.15) is 48.0 Å². The van der Waals surface area contributed by atoms with Gasteiger partial charge in [0.25, 0.3) is 0 Å². The second kappa shape index (κ2) is 9.13. The van der Waals surface area contributed by atoms with E-state index in [1.807, 2.05) is 20.8 Å². The van der Waals surface area contributed by atoms with Crippen LogP contribution in [0.2, 0.25) is 0 Å². The predicted octanol–water partition coefficient (Wildman–Crippen LogP) is 2.67. The highest BCUT2D eigenvalue weighted by Crippen LogP contribution is 2.14. The minimum absolute atomic E-state index is 0.0207. The largest absolute Gasteiger partial charge is 0.311 e. The van der Waals surface area contributed by atoms with Gasteiger partial charge in [0.15, 0.2) is 0 Å². The molecule has 0 radical (unpaired) electrons. The van der Waals surface area contributed by atoms with Crippen molar-refractivity contribution in [1.29, 1.82) is 0 Å². The Labute approximate surface area is 122 Å². The van der Waals surface area contributed by atoms with Crippen LogP contribution in [0.15, 0.2) is 10.4 Å². The summed E-state index contributed by atoms with van der Waals surface area (Å²) in [4.78, 5) is 21.1. The smallest absolute Gasteiger partial charge is 0.104 e. The summed E-state index contributed by atoms with van der Waals surface area (Å²) in [6, 6.07) is -0.285. The third-order valence-corrected chi connectivity index (χ3v) is 3.82. The number of rotatable bonds is 11. The molecule has 118 valence electrons. The molecule has 0 spiro atoms. The Morgan fingerprint density at radius 2 is 1.45 bits per heavy atom. The van der Waals surface area contributed by atoms with Crippen molar-refractivity contribution in [3.8, 4) is 0 Å². The molecule has 0 bridgehead atoms. The van der Waals surface area contributed by atoms with Gasteiger partial charge >= 0.3 is 0 Å². The molecule has 0 aliphatic rings. The summed E-state index contributed by atoms with van der Waals surface area (Å²) >= 11 is 0. The molecular weight excluding hydrogens is 256 g/mol. The van der Waals surface area contributed by atoms with Crippen molar-refractivity contribution < 1.29 is 0 Å². The zero-order valence-electron chi connectivity index (χ0n) is 13.6. The van der Waals surface area contributed by atoms with Gasteiger partial charge in [-0.15, -0.1) is 0 Å². The van der Waals surface area contributed by atoms with Gasteiger partial charge in [-0.05, 0) is 32.6 Å². The van der Waals surface area contributed by atoms with Gasteiger partial charge in [-0.2, -0.15) is 9.81 Å². The summed E-state index contributed by atoms with van der Waals surface area (Å²) in [6.45, 7) is 13.5. The predicted molar refractivity (Wildman–Crippen MR) is 83.8 cm³/mol. The van der Waals surface area contributed by atoms with Crippen LogP contribution in [0.25, 0.3) is 0 Å². The molecule has 0 heterocycles. The summed E-state index contributed by atoms with van der Waals surface area (Å²) in [5.41, 5.74) is 0.0207. The molecule has 0 aromatic heterocycles. The average molecular weight is 286 g/mol. The average Bonchev–Trinajstić information content (AvgIpc) is 2.43. The molecule has 0 saturated heterocycles. The molecule has 0 amide bonds. The lowest BCUT2D eigenvalue weighted by molar-refractivity contribution is 0.275. The van der Waals surface area contributed by atoms with Gasteiger partial charge in [0.05, 0.1) is 0 Å². The van der Waals surface area contributed by atoms with E-state index in [9.17, 15) is 9.81 Å². The van der Waals surface area contributed by atoms with Gasteiger partial charge in [-0.1, -0.05) is 31.1 Å². The fourth-order valence-corrected chi connectivity index (χ4v) is 1.90. The van der Waals surface area contributed by atoms with E-state index in [0.717, 1.165) is 19.5 Å². The number of nitrogens with zero attached hydrogens (tertiary/aromatic N) is 2. The molecule has 0 aliphatic carbocycles. The Balaban J connectivity index is 4.23. The van der Waals surface area contributed by atoms with Gasteiger partial charge in [-0.25, -0.2) is 0 Å². The molecule has 0 saturated carbocycles. The molecule has 6 heteroatoms. The lowest BCUT2D eigenvalue weighted by Gasteiger charge is -2.30. The quantitative estimate of drug-likeness (QED) is 0.572. The Morgan fingerprint density at radius 1 is 0.950 bits per heavy atom. The van der Waals surface area contributed by atoms with E-state index in [-0.39, 0.29) is 29.6 Å². The van der Waals surface area contributed by atoms with Crippen molar-refractivity contribution in [2.45, 2.75) is 72.1 Å². The SMILES string of the molecule is CCC(NCC(C)(C)CNC(C)C(C)N=O)C(C)N=O. The Morgan fingerprint density at radius 3 is 1.90 bits per heavy atom. The topological polar surface area (TPSA) is 82.9 Å². The van der Waals surface area contributed by atoms with Crippen LogP contribution in [-0.2, 0) is 0 Å². The molecule has 0 fully saturated rings. The molecule has 2 N–H and O–H groups in total. The van der Waals surface area contributed by atoms with Gasteiger partial charge in [0.2, 0.25) is 0 Å². The van der Waals surface area contributed by atoms with Gasteiger partial charge in [0, 0.05) is 25.2 Å². The monoisotopic (exact) mass is 286 g/mol. The van der Waals surface area contributed by atoms with E-state index < -0.39 is 0 Å². The molecule has 0 aromatic carbocycles. The molecule has 4 atom stereocenters. The number of nitroso groups, excluding NO2 is 2. The summed E-state index contributed by atoms with van der Waals surface area (Å²) in [7, 11) is 0. The van der Waals surface area contributed by atoms with Crippen LogP contribution in [0, 0.1) is 15.2 Å². The standard InChI is InChI=1S/C14H30N4O2/c1-7-13(12(4)18-20)16-9-14(5,6)8-15-10(2)11(3)17-19/h10-13,15-16H,7-9H2,1-6H3. The number of hydrogen-bond acceptors (Lipinski definition) is 6. The van der Waals surface area contributed by atoms with Crippen LogP contribution in [0.3, 0.4) is 0 Å². The second-order valence-corrected chi connectivity index (χ2v) is 6.42. The Hall–Kier alpha value is -0.880. The first kappa shape index (κ1) is 19.1. The van der Waals surface area contributed by atoms with Crippen molar-refractivity contribution in [1.82, 2.24) is 10.6 Å². The van der Waals surface area contributed by atoms with E-state index >= 15 is 0 Å². The van der Waals surface area contributed by atoms with E-state index in [4.69, 9.17) is 0 Å². The van der Waals surface area contributed by atoms with E-state index in [0.29, 0.717) is 0 Å². The van der Waals surface area contributed by atoms with Crippen molar-refractivity contribution in [2.24, 2.45) is 15.8 Å². The molecule has 4 unspecified atom stereocenters. The van der Waals surface area contributed by atoms with Crippen LogP contribution in [0.4, 0.5) is 0 Å². The Bertz CT molecular complexity index is 297. The lowest BCUT2D eigenvalue weighted by Crippen LogP contribution is -2.47. The number of hydrogen-bond donors (Lipinski definition) is 2. The fraction of sp³-hybridized carbons (Fsp3) is 1.00. The maximum absolute atomic E-state index is 10.6. The summed E-state index contributed by atoms with van der Waals surface area (Å²) in [5.74, 6) is 0. The highest BCUT2D eigenvalue weighted by molar-refractivity contribution is 4.84. The fourth-order valence-electron chi connectivity index (χ4n) is 1.90. The third kappa shape index (κ3) is 7.05. The number of nitrogens with one attached hydrogen (secondary N) is 2. The lowest BCUT2D eigenvalue weighted by atomic mass is 9.91. The van der Waals surface area contributed by atoms with Crippen molar-refractivity contribution in [2.75, 3.05) is 13.1 Å². The minimum atomic E-state index is -0.235. The third-order valence-electron chi connectivity index (χ3n) is 3.82. The highest BCUT2D eigenvalue weighted by Gasteiger charge is 2.23. The Kier molecular flexibility index (Phi) is 8.73. The van der Waals surface area contributed by atoms with Crippen molar-refractivity contribution in [3.05, 3.63) is 9.81 Å². The molecule has 20 heavy (non-hydrogen) atoms. The first-order valence-electron chi connectivity index (χ1n) is 7.39. The van der Waals surface area contributed by atoms with Crippen LogP contribution in [0.5, 0.6) is 0 Å². The van der Waals surface area contributed by atoms with Gasteiger partial charge in [0.1, 0.15) is 12.1 Å². The van der Waals surface area contributed by atoms with Gasteiger partial charge in [-0.3, -0.25) is 0 Å². The first-order chi connectivity index (χ1) is 9.27. The van der Waals surface area contributed by atoms with Crippen LogP contribution >= 0.6 is 0 Å². The zero-order valence-corrected chi connectivity index (χ0v) is 13.6. The molecule has 0 aliphatic heterocycles. The van der Waals surface area contributed by atoms with Gasteiger partial charge < -0.3 is 10.6 Å². The summed E-state index contributed by atoms with van der Waals surface area (Å²) < 4.78 is 0. The van der Waals surface area contributed by atoms with E-state index in [1.165, 1.54) is 0 Å². The van der Waals surface area contributed by atoms with Crippen molar-refractivity contribution >= 4 is 0 Å². The zero-order chi connectivity index (χ0) is 15.8. The normalized spacial score (nSPS) is 18.1. The summed E-state index contributed by atoms with van der Waals surface area (Å²) in [6.07, 6.45) is 0.874. The molecular formula is C14H30N4O2. The maximum atomic E-state index is 10.6. The summed E-state index contributed by atoms with van der Waals surface area (Å²) in [5, 5.41) is 12.9. The van der Waals surface area contributed by atoms with Crippen molar-refractivity contribution in [3.63, 3.8) is 0 Å². The molecule has 0 rings (SSSR count). The maximum Gasteiger partial charge on any atom is 0.104 e. The first-order valence-corrected chi connectivity index (χ1v) is 7.39. The molecule has 0 aromatic rings. The molecule has 6 nitrogen and oxygen atoms in total.